The largest absolute Gasteiger partial charge is 0.416 e. The smallest absolute Gasteiger partial charge is 0.308 e. The maximum absolute atomic E-state index is 10.9. The second kappa shape index (κ2) is 5.54. The Kier molecular flexibility index (Phi) is 4.01. The van der Waals surface area contributed by atoms with Crippen LogP contribution in [0.3, 0.4) is 0 Å². The molecule has 0 aromatic carbocycles. The average Bonchev–Trinajstić information content (AvgIpc) is 2.83. The van der Waals surface area contributed by atoms with Crippen LogP contribution in [0.1, 0.15) is 19.4 Å². The zero-order chi connectivity index (χ0) is 14.0. The summed E-state index contributed by atoms with van der Waals surface area (Å²) in [6.07, 6.45) is 0. The predicted octanol–water partition coefficient (Wildman–Crippen LogP) is 3.64. The Morgan fingerprint density at radius 1 is 1.00 bits per heavy atom. The van der Waals surface area contributed by atoms with Gasteiger partial charge in [-0.25, -0.2) is 0 Å². The molecule has 2 aromatic heterocycles. The number of aryl methyl sites for hydroxylation is 1. The fraction of sp³-hybridized carbons (Fsp3) is 0.231. The lowest BCUT2D eigenvalue weighted by atomic mass is 10.2. The summed E-state index contributed by atoms with van der Waals surface area (Å²) in [7, 11) is 0. The lowest BCUT2D eigenvalue weighted by Crippen LogP contribution is -1.99. The maximum Gasteiger partial charge on any atom is 0.308 e. The topological polar surface area (TPSA) is 52.6 Å². The summed E-state index contributed by atoms with van der Waals surface area (Å²) >= 11 is 2.79. The van der Waals surface area contributed by atoms with Gasteiger partial charge in [0, 0.05) is 18.7 Å². The number of hydrogen-bond donors (Lipinski definition) is 0. The van der Waals surface area contributed by atoms with E-state index in [0.29, 0.717) is 10.1 Å². The van der Waals surface area contributed by atoms with Crippen LogP contribution in [0.2, 0.25) is 0 Å². The summed E-state index contributed by atoms with van der Waals surface area (Å²) < 4.78 is 10.1. The van der Waals surface area contributed by atoms with Crippen molar-refractivity contribution in [1.29, 1.82) is 0 Å². The van der Waals surface area contributed by atoms with E-state index in [1.165, 1.54) is 36.5 Å². The first-order chi connectivity index (χ1) is 8.95. The fourth-order valence-corrected chi connectivity index (χ4v) is 3.66. The van der Waals surface area contributed by atoms with Gasteiger partial charge in [-0.15, -0.1) is 0 Å². The molecule has 0 aliphatic carbocycles. The Morgan fingerprint density at radius 3 is 2.26 bits per heavy atom. The summed E-state index contributed by atoms with van der Waals surface area (Å²) in [5.41, 5.74) is 1.03. The molecular weight excluding hydrogens is 284 g/mol. The first-order valence-corrected chi connectivity index (χ1v) is 7.16. The van der Waals surface area contributed by atoms with Gasteiger partial charge in [-0.1, -0.05) is 22.7 Å². The summed E-state index contributed by atoms with van der Waals surface area (Å²) in [5.74, 6) is -0.670. The number of esters is 2. The van der Waals surface area contributed by atoms with Gasteiger partial charge in [0.25, 0.3) is 0 Å². The third kappa shape index (κ3) is 3.42. The van der Waals surface area contributed by atoms with Crippen molar-refractivity contribution in [1.82, 2.24) is 0 Å². The molecule has 0 bridgehead atoms. The third-order valence-electron chi connectivity index (χ3n) is 2.19. The first-order valence-electron chi connectivity index (χ1n) is 5.53. The highest BCUT2D eigenvalue weighted by Crippen LogP contribution is 2.42. The SMILES string of the molecule is CC(=O)Oc1ccc(-c2sc(OC(C)=O)cc2C)s1. The normalized spacial score (nSPS) is 10.3. The van der Waals surface area contributed by atoms with Crippen molar-refractivity contribution in [2.24, 2.45) is 0 Å². The summed E-state index contributed by atoms with van der Waals surface area (Å²) in [4.78, 5) is 23.8. The zero-order valence-electron chi connectivity index (χ0n) is 10.7. The van der Waals surface area contributed by atoms with E-state index in [-0.39, 0.29) is 11.9 Å². The van der Waals surface area contributed by atoms with E-state index in [4.69, 9.17) is 9.47 Å². The van der Waals surface area contributed by atoms with Gasteiger partial charge in [0.05, 0.1) is 4.88 Å². The van der Waals surface area contributed by atoms with E-state index in [1.807, 2.05) is 19.1 Å². The van der Waals surface area contributed by atoms with Gasteiger partial charge >= 0.3 is 11.9 Å². The molecule has 2 rings (SSSR count). The van der Waals surface area contributed by atoms with E-state index in [1.54, 1.807) is 6.07 Å². The summed E-state index contributed by atoms with van der Waals surface area (Å²) in [6.45, 7) is 4.69. The Bertz CT molecular complexity index is 624. The molecule has 0 saturated heterocycles. The molecule has 0 radical (unpaired) electrons. The molecule has 2 aromatic rings. The quantitative estimate of drug-likeness (QED) is 0.811. The molecule has 0 atom stereocenters. The van der Waals surface area contributed by atoms with Gasteiger partial charge in [0.1, 0.15) is 0 Å². The lowest BCUT2D eigenvalue weighted by molar-refractivity contribution is -0.132. The van der Waals surface area contributed by atoms with Crippen molar-refractivity contribution in [2.75, 3.05) is 0 Å². The molecule has 6 heteroatoms. The number of hydrogen-bond acceptors (Lipinski definition) is 6. The van der Waals surface area contributed by atoms with Crippen LogP contribution in [0.25, 0.3) is 9.75 Å². The second-order valence-corrected chi connectivity index (χ2v) is 5.94. The highest BCUT2D eigenvalue weighted by Gasteiger charge is 2.13. The predicted molar refractivity (Wildman–Crippen MR) is 75.0 cm³/mol. The summed E-state index contributed by atoms with van der Waals surface area (Å²) in [5, 5.41) is 1.13. The molecule has 2 heterocycles. The highest BCUT2D eigenvalue weighted by molar-refractivity contribution is 7.24. The van der Waals surface area contributed by atoms with E-state index >= 15 is 0 Å². The van der Waals surface area contributed by atoms with Crippen LogP contribution in [0.5, 0.6) is 10.1 Å². The molecule has 0 spiro atoms. The van der Waals surface area contributed by atoms with Crippen LogP contribution in [0, 0.1) is 6.92 Å². The molecule has 0 fully saturated rings. The molecule has 0 unspecified atom stereocenters. The van der Waals surface area contributed by atoms with Crippen molar-refractivity contribution >= 4 is 34.6 Å². The molecule has 100 valence electrons. The number of carbonyl (C=O) groups is 2. The highest BCUT2D eigenvalue weighted by atomic mass is 32.1. The van der Waals surface area contributed by atoms with Crippen molar-refractivity contribution in [3.05, 3.63) is 23.8 Å². The van der Waals surface area contributed by atoms with Crippen molar-refractivity contribution in [3.63, 3.8) is 0 Å². The van der Waals surface area contributed by atoms with Crippen LogP contribution in [-0.2, 0) is 9.59 Å². The Morgan fingerprint density at radius 2 is 1.63 bits per heavy atom. The van der Waals surface area contributed by atoms with Crippen molar-refractivity contribution < 1.29 is 19.1 Å². The van der Waals surface area contributed by atoms with Gasteiger partial charge in [0.15, 0.2) is 10.1 Å². The minimum Gasteiger partial charge on any atom is -0.416 e. The molecule has 0 aliphatic heterocycles. The fourth-order valence-electron chi connectivity index (χ4n) is 1.53. The minimum atomic E-state index is -0.336. The molecule has 0 N–H and O–H groups in total. The van der Waals surface area contributed by atoms with E-state index < -0.39 is 0 Å². The molecular formula is C13H12O4S2. The standard InChI is InChI=1S/C13H12O4S2/c1-7-6-12(17-9(3)15)19-13(7)10-4-5-11(18-10)16-8(2)14/h4-6H,1-3H3. The van der Waals surface area contributed by atoms with Crippen LogP contribution in [-0.4, -0.2) is 11.9 Å². The van der Waals surface area contributed by atoms with Crippen LogP contribution < -0.4 is 9.47 Å². The zero-order valence-corrected chi connectivity index (χ0v) is 12.3. The monoisotopic (exact) mass is 296 g/mol. The van der Waals surface area contributed by atoms with Gasteiger partial charge in [-0.3, -0.25) is 9.59 Å². The average molecular weight is 296 g/mol. The van der Waals surface area contributed by atoms with Crippen LogP contribution in [0.15, 0.2) is 18.2 Å². The van der Waals surface area contributed by atoms with Crippen LogP contribution >= 0.6 is 22.7 Å². The van der Waals surface area contributed by atoms with E-state index in [9.17, 15) is 9.59 Å². The number of carbonyl (C=O) groups excluding carboxylic acids is 2. The number of thiophene rings is 2. The van der Waals surface area contributed by atoms with E-state index in [0.717, 1.165) is 15.3 Å². The molecule has 0 saturated carbocycles. The Hall–Kier alpha value is -1.66. The number of ether oxygens (including phenoxy) is 2. The molecule has 0 amide bonds. The minimum absolute atomic E-state index is 0.334. The van der Waals surface area contributed by atoms with Crippen LogP contribution in [0.4, 0.5) is 0 Å². The summed E-state index contributed by atoms with van der Waals surface area (Å²) in [6, 6.07) is 5.47. The van der Waals surface area contributed by atoms with Gasteiger partial charge in [-0.05, 0) is 30.7 Å². The Balaban J connectivity index is 2.26. The van der Waals surface area contributed by atoms with E-state index in [2.05, 4.69) is 0 Å². The third-order valence-corrected chi connectivity index (χ3v) is 4.45. The molecule has 19 heavy (non-hydrogen) atoms. The lowest BCUT2D eigenvalue weighted by Gasteiger charge is -1.95. The van der Waals surface area contributed by atoms with Gasteiger partial charge in [0.2, 0.25) is 0 Å². The number of rotatable bonds is 3. The molecule has 0 aliphatic rings. The van der Waals surface area contributed by atoms with Gasteiger partial charge in [-0.2, -0.15) is 0 Å². The second-order valence-electron chi connectivity index (χ2n) is 3.88. The molecule has 4 nitrogen and oxygen atoms in total. The first kappa shape index (κ1) is 13.8. The van der Waals surface area contributed by atoms with Crippen molar-refractivity contribution in [2.45, 2.75) is 20.8 Å². The Labute approximate surface area is 118 Å². The van der Waals surface area contributed by atoms with Crippen molar-refractivity contribution in [3.8, 4) is 19.9 Å². The van der Waals surface area contributed by atoms with Gasteiger partial charge < -0.3 is 9.47 Å². The maximum atomic E-state index is 10.9.